The molecule has 0 aromatic carbocycles. The summed E-state index contributed by atoms with van der Waals surface area (Å²) in [5.41, 5.74) is -0.297. The minimum atomic E-state index is -1.25. The van der Waals surface area contributed by atoms with Crippen molar-refractivity contribution in [1.82, 2.24) is 19.8 Å². The number of pyridine rings is 1. The van der Waals surface area contributed by atoms with E-state index in [-0.39, 0.29) is 24.3 Å². The number of aryl methyl sites for hydroxylation is 1. The lowest BCUT2D eigenvalue weighted by molar-refractivity contribution is -0.295. The van der Waals surface area contributed by atoms with Crippen molar-refractivity contribution in [2.45, 2.75) is 141 Å². The third-order valence-corrected chi connectivity index (χ3v) is 13.3. The van der Waals surface area contributed by atoms with Crippen molar-refractivity contribution in [3.05, 3.63) is 35.6 Å². The SMILES string of the molecule is CC[C@H]1OC(=O)[C@H](C)C(=O)[C@H](C)[C@@H](O[C@@H]2O[C@H](C)C[C@H](N(C)C)[C@H]2O)[C@](C)(OC)C[C@@H](C)C(=O)[C@H](C)[C@@H]2[C@@H]1OC(=O)N2CCCCc1cnc(-c2cccnc2)s1. The zero-order valence-corrected chi connectivity index (χ0v) is 35.9. The van der Waals surface area contributed by atoms with Crippen LogP contribution in [0.15, 0.2) is 30.7 Å². The quantitative estimate of drug-likeness (QED) is 0.176. The van der Waals surface area contributed by atoms with Crippen molar-refractivity contribution in [3.63, 3.8) is 0 Å². The minimum Gasteiger partial charge on any atom is -0.458 e. The number of cyclic esters (lactones) is 1. The standard InChI is InChI=1S/C42H62N4O10S/c1-11-31-36-32(46(41(51)55-36)18-13-12-16-29-22-44-38(57-29)28-15-14-17-43-21-28)25(4)33(47)23(2)20-42(7,52-10)37(26(5)34(48)27(6)39(50)54-31)56-40-35(49)30(45(8)9)19-24(3)53-40/h14-15,17,21-27,30-32,35-37,40,49H,11-13,16,18-20H2,1-10H3/t23-,24-,25-,26+,27-,30+,31-,32-,35-,36-,37-,40+,42-/m1/s1. The second-order valence-electron chi connectivity index (χ2n) is 16.6. The molecule has 0 bridgehead atoms. The molecule has 14 nitrogen and oxygen atoms in total. The van der Waals surface area contributed by atoms with Crippen LogP contribution in [0.2, 0.25) is 0 Å². The molecule has 3 saturated heterocycles. The lowest BCUT2D eigenvalue weighted by atomic mass is 9.75. The number of amides is 1. The first-order chi connectivity index (χ1) is 27.0. The highest BCUT2D eigenvalue weighted by atomic mass is 32.1. The van der Waals surface area contributed by atoms with Gasteiger partial charge in [0.15, 0.2) is 18.2 Å². The van der Waals surface area contributed by atoms with Gasteiger partial charge in [-0.05, 0) is 85.5 Å². The molecule has 0 saturated carbocycles. The number of nitrogens with zero attached hydrogens (tertiary/aromatic N) is 4. The van der Waals surface area contributed by atoms with Crippen molar-refractivity contribution in [1.29, 1.82) is 0 Å². The number of carbonyl (C=O) groups excluding carboxylic acids is 4. The molecule has 1 N–H and O–H groups in total. The fraction of sp³-hybridized carbons (Fsp3) is 0.714. The lowest BCUT2D eigenvalue weighted by Gasteiger charge is -2.47. The Morgan fingerprint density at radius 3 is 2.42 bits per heavy atom. The molecule has 15 heteroatoms. The number of thiazole rings is 1. The number of carbonyl (C=O) groups is 4. The third kappa shape index (κ3) is 9.93. The number of ketones is 2. The summed E-state index contributed by atoms with van der Waals surface area (Å²) in [6.45, 7) is 12.6. The first-order valence-corrected chi connectivity index (χ1v) is 21.1. The number of Topliss-reactive ketones (excluding diaryl/α,β-unsaturated/α-hetero) is 2. The molecule has 2 aromatic heterocycles. The average molecular weight is 815 g/mol. The largest absolute Gasteiger partial charge is 0.458 e. The van der Waals surface area contributed by atoms with E-state index in [1.165, 1.54) is 14.0 Å². The van der Waals surface area contributed by atoms with Gasteiger partial charge in [0.1, 0.15) is 28.9 Å². The summed E-state index contributed by atoms with van der Waals surface area (Å²) in [5.74, 6) is -4.83. The van der Waals surface area contributed by atoms with Gasteiger partial charge in [-0.2, -0.15) is 0 Å². The van der Waals surface area contributed by atoms with Gasteiger partial charge in [0.25, 0.3) is 0 Å². The number of rotatable bonds is 11. The molecule has 13 atom stereocenters. The molecule has 2 aromatic rings. The molecule has 0 radical (unpaired) electrons. The molecule has 5 rings (SSSR count). The predicted octanol–water partition coefficient (Wildman–Crippen LogP) is 5.34. The van der Waals surface area contributed by atoms with Gasteiger partial charge >= 0.3 is 12.1 Å². The molecular formula is C42H62N4O10S. The number of aliphatic hydroxyl groups excluding tert-OH is 1. The first kappa shape index (κ1) is 44.8. The smallest absolute Gasteiger partial charge is 0.410 e. The molecule has 1 amide bonds. The van der Waals surface area contributed by atoms with Crippen LogP contribution in [0, 0.1) is 23.7 Å². The highest BCUT2D eigenvalue weighted by Gasteiger charge is 2.54. The van der Waals surface area contributed by atoms with E-state index in [2.05, 4.69) is 9.97 Å². The van der Waals surface area contributed by atoms with Gasteiger partial charge in [0.05, 0.1) is 23.9 Å². The van der Waals surface area contributed by atoms with Gasteiger partial charge in [-0.1, -0.05) is 27.7 Å². The monoisotopic (exact) mass is 814 g/mol. The highest BCUT2D eigenvalue weighted by molar-refractivity contribution is 7.15. The summed E-state index contributed by atoms with van der Waals surface area (Å²) < 4.78 is 30.9. The number of hydrogen-bond donors (Lipinski definition) is 1. The molecule has 3 aliphatic heterocycles. The van der Waals surface area contributed by atoms with Crippen molar-refractivity contribution in [2.24, 2.45) is 23.7 Å². The van der Waals surface area contributed by atoms with Crippen LogP contribution in [0.5, 0.6) is 0 Å². The van der Waals surface area contributed by atoms with E-state index in [9.17, 15) is 24.3 Å². The van der Waals surface area contributed by atoms with Crippen molar-refractivity contribution < 1.29 is 48.0 Å². The van der Waals surface area contributed by atoms with E-state index in [1.807, 2.05) is 58.1 Å². The average Bonchev–Trinajstić information content (AvgIpc) is 3.80. The topological polar surface area (TPSA) is 167 Å². The Hall–Kier alpha value is -3.34. The van der Waals surface area contributed by atoms with Gasteiger partial charge < -0.3 is 38.6 Å². The Labute approximate surface area is 340 Å². The molecule has 3 fully saturated rings. The second-order valence-corrected chi connectivity index (χ2v) is 17.7. The summed E-state index contributed by atoms with van der Waals surface area (Å²) in [5, 5.41) is 12.3. The van der Waals surface area contributed by atoms with Crippen molar-refractivity contribution in [2.75, 3.05) is 27.7 Å². The van der Waals surface area contributed by atoms with Gasteiger partial charge in [-0.15, -0.1) is 11.3 Å². The number of aliphatic hydroxyl groups is 1. The molecule has 0 aliphatic carbocycles. The molecule has 316 valence electrons. The number of esters is 1. The van der Waals surface area contributed by atoms with E-state index in [0.717, 1.165) is 28.3 Å². The minimum absolute atomic E-state index is 0.135. The van der Waals surface area contributed by atoms with Crippen LogP contribution in [-0.2, 0) is 44.5 Å². The van der Waals surface area contributed by atoms with E-state index in [1.54, 1.807) is 49.4 Å². The van der Waals surface area contributed by atoms with Gasteiger partial charge in [-0.3, -0.25) is 19.4 Å². The summed E-state index contributed by atoms with van der Waals surface area (Å²) in [6, 6.07) is 2.85. The predicted molar refractivity (Wildman–Crippen MR) is 213 cm³/mol. The molecule has 5 heterocycles. The van der Waals surface area contributed by atoms with Crippen LogP contribution in [0.25, 0.3) is 10.6 Å². The van der Waals surface area contributed by atoms with Gasteiger partial charge in [0, 0.05) is 66.5 Å². The van der Waals surface area contributed by atoms with Gasteiger partial charge in [-0.25, -0.2) is 9.78 Å². The zero-order valence-electron chi connectivity index (χ0n) is 35.1. The zero-order chi connectivity index (χ0) is 41.8. The summed E-state index contributed by atoms with van der Waals surface area (Å²) in [4.78, 5) is 69.7. The number of aromatic nitrogens is 2. The van der Waals surface area contributed by atoms with E-state index in [0.29, 0.717) is 25.8 Å². The third-order valence-electron chi connectivity index (χ3n) is 12.2. The molecule has 3 aliphatic rings. The maximum Gasteiger partial charge on any atom is 0.410 e. The Bertz CT molecular complexity index is 1690. The van der Waals surface area contributed by atoms with E-state index in [4.69, 9.17) is 23.7 Å². The van der Waals surface area contributed by atoms with Gasteiger partial charge in [0.2, 0.25) is 0 Å². The number of unbranched alkanes of at least 4 members (excludes halogenated alkanes) is 1. The van der Waals surface area contributed by atoms with Crippen LogP contribution < -0.4 is 0 Å². The lowest BCUT2D eigenvalue weighted by Crippen LogP contribution is -2.59. The van der Waals surface area contributed by atoms with Crippen LogP contribution in [-0.4, -0.2) is 131 Å². The summed E-state index contributed by atoms with van der Waals surface area (Å²) in [7, 11) is 5.24. The van der Waals surface area contributed by atoms with Crippen LogP contribution in [0.3, 0.4) is 0 Å². The van der Waals surface area contributed by atoms with Crippen LogP contribution >= 0.6 is 11.3 Å². The number of ether oxygens (including phenoxy) is 5. The van der Waals surface area contributed by atoms with E-state index >= 15 is 0 Å². The van der Waals surface area contributed by atoms with Crippen molar-refractivity contribution >= 4 is 35.0 Å². The molecule has 57 heavy (non-hydrogen) atoms. The molecule has 0 spiro atoms. The maximum atomic E-state index is 14.6. The Kier molecular flexibility index (Phi) is 15.0. The second kappa shape index (κ2) is 19.2. The number of likely N-dealkylation sites (N-methyl/N-ethyl adjacent to an activating group) is 1. The fourth-order valence-electron chi connectivity index (χ4n) is 8.80. The number of fused-ring (bicyclic) bond motifs is 1. The maximum absolute atomic E-state index is 14.6. The Morgan fingerprint density at radius 1 is 1.04 bits per heavy atom. The van der Waals surface area contributed by atoms with Crippen LogP contribution in [0.1, 0.15) is 85.4 Å². The molecule has 0 unspecified atom stereocenters. The summed E-state index contributed by atoms with van der Waals surface area (Å²) in [6.07, 6.45) is 2.71. The van der Waals surface area contributed by atoms with Crippen molar-refractivity contribution in [3.8, 4) is 10.6 Å². The Balaban J connectivity index is 1.40. The number of methoxy groups -OCH3 is 1. The fourth-order valence-corrected chi connectivity index (χ4v) is 9.74. The Morgan fingerprint density at radius 2 is 1.77 bits per heavy atom. The van der Waals surface area contributed by atoms with E-state index < -0.39 is 83.9 Å². The molecular weight excluding hydrogens is 753 g/mol. The number of hydrogen-bond acceptors (Lipinski definition) is 14. The highest BCUT2D eigenvalue weighted by Crippen LogP contribution is 2.39. The normalized spacial score (nSPS) is 35.8. The summed E-state index contributed by atoms with van der Waals surface area (Å²) >= 11 is 1.61. The first-order valence-electron chi connectivity index (χ1n) is 20.3. The van der Waals surface area contributed by atoms with Crippen LogP contribution in [0.4, 0.5) is 4.79 Å².